The second-order valence-corrected chi connectivity index (χ2v) is 19.5. The predicted molar refractivity (Wildman–Crippen MR) is 294 cm³/mol. The van der Waals surface area contributed by atoms with Crippen LogP contribution >= 0.6 is 79.6 Å². The van der Waals surface area contributed by atoms with Crippen molar-refractivity contribution in [2.24, 2.45) is 0 Å². The lowest BCUT2D eigenvalue weighted by atomic mass is 10.1. The molecule has 9 rings (SSSR count). The number of esters is 2. The van der Waals surface area contributed by atoms with Gasteiger partial charge in [-0.2, -0.15) is 0 Å². The van der Waals surface area contributed by atoms with Gasteiger partial charge in [0, 0.05) is 22.4 Å². The summed E-state index contributed by atoms with van der Waals surface area (Å²) in [6.45, 7) is 0. The highest BCUT2D eigenvalue weighted by molar-refractivity contribution is 9.11. The van der Waals surface area contributed by atoms with Gasteiger partial charge in [-0.3, -0.25) is 4.79 Å². The zero-order chi connectivity index (χ0) is 56.5. The van der Waals surface area contributed by atoms with Crippen molar-refractivity contribution in [2.45, 2.75) is 0 Å². The van der Waals surface area contributed by atoms with E-state index in [9.17, 15) is 45.9 Å². The summed E-state index contributed by atoms with van der Waals surface area (Å²) >= 11 is 15.9. The SMILES string of the molecule is COC(=O)c1ccc(Br)cc1F.COC(=O)c1ccc(Br)cc1Oc1ccccc1F.O=C(O)c1ccc(Br)cc1F.O=C(O)c1ccc(Br)cc1Oc1ccccc1F.O=c1c2ccc(Br)cc2oc2c(F)cccc12. The maximum Gasteiger partial charge on any atom is 0.341 e. The summed E-state index contributed by atoms with van der Waals surface area (Å²) < 4.78 is 94.6. The molecule has 0 unspecified atom stereocenters. The topological polar surface area (TPSA) is 176 Å². The Bertz CT molecular complexity index is 3690. The Kier molecular flexibility index (Phi) is 22.6. The van der Waals surface area contributed by atoms with Crippen LogP contribution in [0.5, 0.6) is 23.0 Å². The van der Waals surface area contributed by atoms with Gasteiger partial charge in [0.2, 0.25) is 5.43 Å². The first-order valence-corrected chi connectivity index (χ1v) is 25.4. The van der Waals surface area contributed by atoms with Crippen molar-refractivity contribution in [3.63, 3.8) is 0 Å². The lowest BCUT2D eigenvalue weighted by molar-refractivity contribution is 0.0587. The molecule has 0 spiro atoms. The molecule has 22 heteroatoms. The van der Waals surface area contributed by atoms with E-state index in [1.807, 2.05) is 0 Å². The van der Waals surface area contributed by atoms with Gasteiger partial charge in [-0.1, -0.05) is 110 Å². The van der Waals surface area contributed by atoms with Gasteiger partial charge in [0.25, 0.3) is 0 Å². The molecule has 2 N–H and O–H groups in total. The number of rotatable bonds is 8. The molecule has 1 heterocycles. The van der Waals surface area contributed by atoms with Gasteiger partial charge in [0.15, 0.2) is 34.5 Å². The summed E-state index contributed by atoms with van der Waals surface area (Å²) in [5.74, 6) is -6.14. The second kappa shape index (κ2) is 28.8. The average Bonchev–Trinajstić information content (AvgIpc) is 3.39. The predicted octanol–water partition coefficient (Wildman–Crippen LogP) is 16.8. The molecule has 0 fully saturated rings. The number of para-hydroxylation sites is 3. The second-order valence-electron chi connectivity index (χ2n) is 14.9. The number of benzene rings is 8. The zero-order valence-electron chi connectivity index (χ0n) is 39.3. The highest BCUT2D eigenvalue weighted by atomic mass is 79.9. The van der Waals surface area contributed by atoms with Crippen LogP contribution in [0.25, 0.3) is 21.9 Å². The lowest BCUT2D eigenvalue weighted by Gasteiger charge is -2.10. The molecule has 1 aromatic heterocycles. The standard InChI is InChI=1S/C14H10BrFO3.C13H8BrFO3.C13H6BrFO2.C8H6BrFO2.C7H4BrFO2/c1-18-14(17)10-7-6-9(15)8-13(10)19-12-5-3-2-4-11(12)16;14-8-5-6-9(13(16)17)12(7-8)18-11-4-2-1-3-10(11)15;14-7-4-5-8-11(6-7)17-13-9(12(8)16)2-1-3-10(13)15;1-12-8(11)6-3-2-5(9)4-7(6)10;8-4-1-2-5(7(10)11)6(9)3-4/h2-8H,1H3;1-7H,(H,16,17);1-6H;2-4H,1H3;1-3H,(H,10,11). The number of carboxylic acid groups (broad SMARTS) is 2. The number of hydrogen-bond donors (Lipinski definition) is 2. The lowest BCUT2D eigenvalue weighted by Crippen LogP contribution is -2.04. The van der Waals surface area contributed by atoms with E-state index in [1.165, 1.54) is 93.1 Å². The summed E-state index contributed by atoms with van der Waals surface area (Å²) in [4.78, 5) is 55.9. The molecule has 0 saturated heterocycles. The Hall–Kier alpha value is -7.24. The molecule has 0 bridgehead atoms. The van der Waals surface area contributed by atoms with E-state index < -0.39 is 53.0 Å². The summed E-state index contributed by atoms with van der Waals surface area (Å²) in [5, 5.41) is 18.1. The summed E-state index contributed by atoms with van der Waals surface area (Å²) in [5.41, 5.74) is 0.00244. The molecule has 0 aliphatic carbocycles. The summed E-state index contributed by atoms with van der Waals surface area (Å²) in [7, 11) is 2.49. The van der Waals surface area contributed by atoms with Gasteiger partial charge < -0.3 is 33.6 Å². The first-order chi connectivity index (χ1) is 36.6. The number of methoxy groups -OCH3 is 2. The van der Waals surface area contributed by atoms with Crippen LogP contribution < -0.4 is 14.9 Å². The van der Waals surface area contributed by atoms with Crippen molar-refractivity contribution in [3.05, 3.63) is 242 Å². The Balaban J connectivity index is 0.000000180. The van der Waals surface area contributed by atoms with Crippen molar-refractivity contribution < 1.29 is 74.7 Å². The third kappa shape index (κ3) is 17.1. The van der Waals surface area contributed by atoms with Crippen LogP contribution in [0.2, 0.25) is 0 Å². The average molecular weight is 1380 g/mol. The number of halogens is 10. The Morgan fingerprint density at radius 3 is 1.30 bits per heavy atom. The van der Waals surface area contributed by atoms with Crippen LogP contribution in [0.1, 0.15) is 41.4 Å². The molecular weight excluding hydrogens is 1350 g/mol. The molecule has 0 amide bonds. The number of ether oxygens (including phenoxy) is 4. The Morgan fingerprint density at radius 1 is 0.416 bits per heavy atom. The zero-order valence-corrected chi connectivity index (χ0v) is 47.2. The first-order valence-electron chi connectivity index (χ1n) is 21.4. The minimum Gasteiger partial charge on any atom is -0.478 e. The molecule has 0 aliphatic rings. The molecule has 396 valence electrons. The van der Waals surface area contributed by atoms with Crippen molar-refractivity contribution in [1.29, 1.82) is 0 Å². The van der Waals surface area contributed by atoms with Crippen LogP contribution in [0.4, 0.5) is 22.0 Å². The van der Waals surface area contributed by atoms with Crippen molar-refractivity contribution in [2.75, 3.05) is 14.2 Å². The van der Waals surface area contributed by atoms with E-state index >= 15 is 0 Å². The third-order valence-corrected chi connectivity index (χ3v) is 12.2. The highest BCUT2D eigenvalue weighted by Gasteiger charge is 2.17. The third-order valence-electron chi connectivity index (χ3n) is 9.75. The number of aromatic carboxylic acids is 2. The van der Waals surface area contributed by atoms with Crippen LogP contribution in [0, 0.1) is 29.1 Å². The molecule has 0 radical (unpaired) electrons. The van der Waals surface area contributed by atoms with Crippen molar-refractivity contribution >= 4 is 125 Å². The van der Waals surface area contributed by atoms with E-state index in [1.54, 1.807) is 72.8 Å². The van der Waals surface area contributed by atoms with Crippen LogP contribution in [0.3, 0.4) is 0 Å². The van der Waals surface area contributed by atoms with E-state index in [2.05, 4.69) is 89.1 Å². The fourth-order valence-electron chi connectivity index (χ4n) is 6.15. The van der Waals surface area contributed by atoms with E-state index in [-0.39, 0.29) is 61.6 Å². The fraction of sp³-hybridized carbons (Fsp3) is 0.0364. The molecule has 0 aliphatic heterocycles. The van der Waals surface area contributed by atoms with Gasteiger partial charge in [-0.25, -0.2) is 41.1 Å². The molecule has 8 aromatic carbocycles. The quantitative estimate of drug-likeness (QED) is 0.0838. The minimum atomic E-state index is -1.25. The highest BCUT2D eigenvalue weighted by Crippen LogP contribution is 2.32. The molecular formula is C55H34Br5F5O12. The van der Waals surface area contributed by atoms with Gasteiger partial charge in [0.05, 0.1) is 36.1 Å². The van der Waals surface area contributed by atoms with Gasteiger partial charge in [-0.05, 0) is 127 Å². The van der Waals surface area contributed by atoms with E-state index in [4.69, 9.17) is 24.1 Å². The Labute approximate surface area is 475 Å². The minimum absolute atomic E-state index is 0.00287. The Morgan fingerprint density at radius 2 is 0.818 bits per heavy atom. The molecule has 12 nitrogen and oxygen atoms in total. The van der Waals surface area contributed by atoms with Gasteiger partial charge in [-0.15, -0.1) is 0 Å². The largest absolute Gasteiger partial charge is 0.478 e. The maximum atomic E-state index is 13.6. The number of carboxylic acids is 2. The van der Waals surface area contributed by atoms with Crippen LogP contribution in [0.15, 0.2) is 189 Å². The molecule has 0 atom stereocenters. The molecule has 77 heavy (non-hydrogen) atoms. The molecule has 0 saturated carbocycles. The summed E-state index contributed by atoms with van der Waals surface area (Å²) in [6.07, 6.45) is 0. The number of carbonyl (C=O) groups is 4. The van der Waals surface area contributed by atoms with E-state index in [0.717, 1.165) is 10.5 Å². The normalized spacial score (nSPS) is 10.2. The monoisotopic (exact) mass is 1380 g/mol. The smallest absolute Gasteiger partial charge is 0.341 e. The van der Waals surface area contributed by atoms with E-state index in [0.29, 0.717) is 28.9 Å². The van der Waals surface area contributed by atoms with Gasteiger partial charge >= 0.3 is 23.9 Å². The number of fused-ring (bicyclic) bond motifs is 2. The van der Waals surface area contributed by atoms with Crippen molar-refractivity contribution in [1.82, 2.24) is 0 Å². The van der Waals surface area contributed by atoms with Crippen molar-refractivity contribution in [3.8, 4) is 23.0 Å². The van der Waals surface area contributed by atoms with Crippen LogP contribution in [-0.4, -0.2) is 48.3 Å². The van der Waals surface area contributed by atoms with Gasteiger partial charge in [0.1, 0.15) is 39.8 Å². The molecule has 9 aromatic rings. The summed E-state index contributed by atoms with van der Waals surface area (Å²) in [6, 6.07) is 38.4. The van der Waals surface area contributed by atoms with Crippen LogP contribution in [-0.2, 0) is 9.47 Å². The first kappa shape index (κ1) is 60.6. The number of carbonyl (C=O) groups excluding carboxylic acids is 2. The fourth-order valence-corrected chi connectivity index (χ4v) is 7.84. The maximum absolute atomic E-state index is 13.6. The number of hydrogen-bond acceptors (Lipinski definition) is 10.